The number of sulfonamides is 1. The predicted octanol–water partition coefficient (Wildman–Crippen LogP) is 2.69. The third-order valence-electron chi connectivity index (χ3n) is 4.95. The van der Waals surface area contributed by atoms with Gasteiger partial charge in [-0.3, -0.25) is 0 Å². The molecule has 0 aliphatic carbocycles. The first-order valence-electron chi connectivity index (χ1n) is 9.58. The number of rotatable bonds is 8. The van der Waals surface area contributed by atoms with Gasteiger partial charge in [0.1, 0.15) is 0 Å². The summed E-state index contributed by atoms with van der Waals surface area (Å²) in [5.74, 6) is 0.563. The first kappa shape index (κ1) is 21.0. The van der Waals surface area contributed by atoms with Gasteiger partial charge in [0.05, 0.1) is 16.7 Å². The molecule has 1 fully saturated rings. The van der Waals surface area contributed by atoms with E-state index in [1.807, 2.05) is 45.0 Å². The van der Waals surface area contributed by atoms with Crippen LogP contribution < -0.4 is 0 Å². The summed E-state index contributed by atoms with van der Waals surface area (Å²) in [7, 11) is 0.205. The topological polar surface area (TPSA) is 75.9 Å². The zero-order valence-electron chi connectivity index (χ0n) is 17.0. The molecule has 8 heteroatoms. The molecule has 1 aliphatic heterocycles. The van der Waals surface area contributed by atoms with E-state index in [9.17, 15) is 8.42 Å². The maximum absolute atomic E-state index is 13.5. The molecule has 7 nitrogen and oxygen atoms in total. The van der Waals surface area contributed by atoms with Crippen molar-refractivity contribution in [1.82, 2.24) is 14.4 Å². The molecule has 1 unspecified atom stereocenters. The van der Waals surface area contributed by atoms with Gasteiger partial charge in [-0.2, -0.15) is 4.31 Å². The lowest BCUT2D eigenvalue weighted by Crippen LogP contribution is -2.41. The Hall–Kier alpha value is -1.74. The van der Waals surface area contributed by atoms with Crippen molar-refractivity contribution in [1.29, 1.82) is 0 Å². The Bertz CT molecular complexity index is 902. The number of hydrogen-bond donors (Lipinski definition) is 0. The highest BCUT2D eigenvalue weighted by Crippen LogP contribution is 2.28. The molecule has 1 saturated heterocycles. The van der Waals surface area contributed by atoms with Crippen molar-refractivity contribution in [3.63, 3.8) is 0 Å². The van der Waals surface area contributed by atoms with Crippen molar-refractivity contribution >= 4 is 10.0 Å². The van der Waals surface area contributed by atoms with Crippen LogP contribution in [0.4, 0.5) is 0 Å². The summed E-state index contributed by atoms with van der Waals surface area (Å²) in [5, 5.41) is 3.90. The molecule has 1 aromatic heterocycles. The molecular weight excluding hydrogens is 378 g/mol. The molecular formula is C20H29N3O4S. The lowest BCUT2D eigenvalue weighted by Gasteiger charge is -2.27. The lowest BCUT2D eigenvalue weighted by molar-refractivity contribution is 0.0925. The molecule has 0 bridgehead atoms. The summed E-state index contributed by atoms with van der Waals surface area (Å²) < 4.78 is 39.7. The number of benzene rings is 1. The minimum Gasteiger partial charge on any atom is -0.377 e. The van der Waals surface area contributed by atoms with Gasteiger partial charge in [0.25, 0.3) is 0 Å². The summed E-state index contributed by atoms with van der Waals surface area (Å²) in [5.41, 5.74) is 2.17. The molecule has 1 aromatic carbocycles. The molecule has 0 N–H and O–H groups in total. The van der Waals surface area contributed by atoms with Gasteiger partial charge in [0.15, 0.2) is 5.76 Å². The third kappa shape index (κ3) is 4.81. The Kier molecular flexibility index (Phi) is 6.54. The average molecular weight is 408 g/mol. The van der Waals surface area contributed by atoms with E-state index in [1.165, 1.54) is 0 Å². The van der Waals surface area contributed by atoms with Crippen LogP contribution in [-0.4, -0.2) is 69.2 Å². The van der Waals surface area contributed by atoms with E-state index in [2.05, 4.69) is 5.16 Å². The van der Waals surface area contributed by atoms with Gasteiger partial charge in [-0.1, -0.05) is 17.3 Å². The van der Waals surface area contributed by atoms with Gasteiger partial charge in [0, 0.05) is 37.9 Å². The van der Waals surface area contributed by atoms with E-state index in [4.69, 9.17) is 9.26 Å². The highest BCUT2D eigenvalue weighted by Gasteiger charge is 2.30. The maximum atomic E-state index is 13.5. The van der Waals surface area contributed by atoms with Crippen molar-refractivity contribution in [2.24, 2.45) is 0 Å². The quantitative estimate of drug-likeness (QED) is 0.670. The zero-order valence-corrected chi connectivity index (χ0v) is 17.8. The van der Waals surface area contributed by atoms with Crippen LogP contribution in [0.15, 0.2) is 33.7 Å². The van der Waals surface area contributed by atoms with E-state index in [0.717, 1.165) is 18.5 Å². The second-order valence-electron chi connectivity index (χ2n) is 7.61. The third-order valence-corrected chi connectivity index (χ3v) is 6.95. The summed E-state index contributed by atoms with van der Waals surface area (Å²) in [6.45, 7) is 5.79. The standard InChI is InChI=1S/C20H29N3O4S/c1-15-7-8-17(19-12-16(2)21-27-19)13-20(15)28(24,25)23(10-9-22(3)4)14-18-6-5-11-26-18/h7-8,12-13,18H,5-6,9-11,14H2,1-4H3. The second-order valence-corrected chi connectivity index (χ2v) is 9.52. The molecule has 2 heterocycles. The fraction of sp³-hybridized carbons (Fsp3) is 0.550. The normalized spacial score (nSPS) is 17.7. The molecule has 1 aliphatic rings. The highest BCUT2D eigenvalue weighted by molar-refractivity contribution is 7.89. The first-order valence-corrected chi connectivity index (χ1v) is 11.0. The van der Waals surface area contributed by atoms with E-state index in [0.29, 0.717) is 48.0 Å². The van der Waals surface area contributed by atoms with Crippen LogP contribution in [0.2, 0.25) is 0 Å². The summed E-state index contributed by atoms with van der Waals surface area (Å²) in [6.07, 6.45) is 1.83. The molecule has 2 aromatic rings. The molecule has 0 amide bonds. The first-order chi connectivity index (χ1) is 13.3. The second kappa shape index (κ2) is 8.73. The lowest BCUT2D eigenvalue weighted by atomic mass is 10.1. The largest absolute Gasteiger partial charge is 0.377 e. The van der Waals surface area contributed by atoms with Crippen LogP contribution >= 0.6 is 0 Å². The van der Waals surface area contributed by atoms with Crippen LogP contribution in [0.1, 0.15) is 24.1 Å². The van der Waals surface area contributed by atoms with E-state index in [1.54, 1.807) is 16.4 Å². The van der Waals surface area contributed by atoms with E-state index >= 15 is 0 Å². The Morgan fingerprint density at radius 2 is 1.96 bits per heavy atom. The summed E-state index contributed by atoms with van der Waals surface area (Å²) >= 11 is 0. The van der Waals surface area contributed by atoms with E-state index < -0.39 is 10.0 Å². The number of aryl methyl sites for hydroxylation is 2. The van der Waals surface area contributed by atoms with Crippen molar-refractivity contribution in [2.75, 3.05) is 40.3 Å². The maximum Gasteiger partial charge on any atom is 0.243 e. The summed E-state index contributed by atoms with van der Waals surface area (Å²) in [4.78, 5) is 2.29. The Morgan fingerprint density at radius 1 is 1.18 bits per heavy atom. The molecule has 3 rings (SSSR count). The zero-order chi connectivity index (χ0) is 20.3. The minimum absolute atomic E-state index is 0.0441. The smallest absolute Gasteiger partial charge is 0.243 e. The van der Waals surface area contributed by atoms with Crippen molar-refractivity contribution in [2.45, 2.75) is 37.7 Å². The van der Waals surface area contributed by atoms with Crippen LogP contribution in [0.25, 0.3) is 11.3 Å². The highest BCUT2D eigenvalue weighted by atomic mass is 32.2. The molecule has 154 valence electrons. The fourth-order valence-corrected chi connectivity index (χ4v) is 5.02. The number of hydrogen-bond acceptors (Lipinski definition) is 6. The molecule has 0 spiro atoms. The summed E-state index contributed by atoms with van der Waals surface area (Å²) in [6, 6.07) is 7.16. The molecule has 0 radical (unpaired) electrons. The average Bonchev–Trinajstić information content (AvgIpc) is 3.30. The van der Waals surface area contributed by atoms with Crippen molar-refractivity contribution < 1.29 is 17.7 Å². The number of ether oxygens (including phenoxy) is 1. The van der Waals surface area contributed by atoms with Crippen LogP contribution in [0.5, 0.6) is 0 Å². The number of nitrogens with zero attached hydrogens (tertiary/aromatic N) is 3. The van der Waals surface area contributed by atoms with Gasteiger partial charge in [-0.15, -0.1) is 0 Å². The van der Waals surface area contributed by atoms with Gasteiger partial charge >= 0.3 is 0 Å². The Balaban J connectivity index is 1.94. The molecule has 0 saturated carbocycles. The minimum atomic E-state index is -3.67. The SMILES string of the molecule is Cc1cc(-c2ccc(C)c(S(=O)(=O)N(CCN(C)C)CC3CCCO3)c2)on1. The van der Waals surface area contributed by atoms with Crippen LogP contribution in [0, 0.1) is 13.8 Å². The fourth-order valence-electron chi connectivity index (χ4n) is 3.31. The van der Waals surface area contributed by atoms with Gasteiger partial charge in [-0.25, -0.2) is 8.42 Å². The van der Waals surface area contributed by atoms with Crippen molar-refractivity contribution in [3.8, 4) is 11.3 Å². The Morgan fingerprint density at radius 3 is 2.57 bits per heavy atom. The van der Waals surface area contributed by atoms with Crippen molar-refractivity contribution in [3.05, 3.63) is 35.5 Å². The Labute approximate surface area is 167 Å². The van der Waals surface area contributed by atoms with E-state index in [-0.39, 0.29) is 6.10 Å². The van der Waals surface area contributed by atoms with Gasteiger partial charge in [-0.05, 0) is 52.4 Å². The molecule has 28 heavy (non-hydrogen) atoms. The van der Waals surface area contributed by atoms with Crippen LogP contribution in [-0.2, 0) is 14.8 Å². The number of aromatic nitrogens is 1. The predicted molar refractivity (Wildman–Crippen MR) is 108 cm³/mol. The number of likely N-dealkylation sites (N-methyl/N-ethyl adjacent to an activating group) is 1. The monoisotopic (exact) mass is 407 g/mol. The van der Waals surface area contributed by atoms with Gasteiger partial charge < -0.3 is 14.2 Å². The van der Waals surface area contributed by atoms with Crippen LogP contribution in [0.3, 0.4) is 0 Å². The molecule has 1 atom stereocenters. The van der Waals surface area contributed by atoms with Gasteiger partial charge in [0.2, 0.25) is 10.0 Å².